The van der Waals surface area contributed by atoms with Crippen molar-refractivity contribution in [3.63, 3.8) is 0 Å². The van der Waals surface area contributed by atoms with Crippen molar-refractivity contribution in [2.24, 2.45) is 0 Å². The number of carbonyl (C=O) groups excluding carboxylic acids is 1. The summed E-state index contributed by atoms with van der Waals surface area (Å²) in [5, 5.41) is 22.2. The van der Waals surface area contributed by atoms with Crippen LogP contribution in [0.4, 0.5) is 0 Å². The molecule has 0 bridgehead atoms. The van der Waals surface area contributed by atoms with Gasteiger partial charge in [-0.2, -0.15) is 0 Å². The summed E-state index contributed by atoms with van der Waals surface area (Å²) in [6.45, 7) is 8.16. The van der Waals surface area contributed by atoms with Crippen molar-refractivity contribution in [2.75, 3.05) is 0 Å². The lowest BCUT2D eigenvalue weighted by Crippen LogP contribution is -2.27. The number of ketones is 1. The molecule has 0 radical (unpaired) electrons. The fraction of sp³-hybridized carbons (Fsp3) is 0.421. The van der Waals surface area contributed by atoms with Crippen LogP contribution in [0, 0.1) is 0 Å². The molecule has 0 aromatic heterocycles. The van der Waals surface area contributed by atoms with Crippen LogP contribution in [0.25, 0.3) is 10.8 Å². The Hall–Kier alpha value is -2.03. The van der Waals surface area contributed by atoms with Crippen molar-refractivity contribution >= 4 is 16.6 Å². The van der Waals surface area contributed by atoms with Gasteiger partial charge in [-0.3, -0.25) is 4.79 Å². The summed E-state index contributed by atoms with van der Waals surface area (Å²) in [6.07, 6.45) is 1.28. The van der Waals surface area contributed by atoms with Crippen LogP contribution in [0.2, 0.25) is 0 Å². The molecule has 3 heteroatoms. The molecule has 3 rings (SSSR count). The Balaban J connectivity index is 2.44. The van der Waals surface area contributed by atoms with E-state index in [-0.39, 0.29) is 28.6 Å². The first-order chi connectivity index (χ1) is 10.2. The molecule has 0 saturated heterocycles. The van der Waals surface area contributed by atoms with Crippen molar-refractivity contribution in [1.82, 2.24) is 0 Å². The molecular formula is C19H22O3. The van der Waals surface area contributed by atoms with Crippen LogP contribution in [0.3, 0.4) is 0 Å². The Labute approximate surface area is 130 Å². The minimum Gasteiger partial charge on any atom is -0.504 e. The number of Topliss-reactive ketones (excluding diaryl/α,β-unsaturated/α-hetero) is 1. The Morgan fingerprint density at radius 3 is 2.45 bits per heavy atom. The molecule has 2 N–H and O–H groups in total. The van der Waals surface area contributed by atoms with Gasteiger partial charge in [0.15, 0.2) is 17.3 Å². The molecule has 0 spiro atoms. The number of hydrogen-bond acceptors (Lipinski definition) is 3. The van der Waals surface area contributed by atoms with Gasteiger partial charge >= 0.3 is 0 Å². The summed E-state index contributed by atoms with van der Waals surface area (Å²) in [4.78, 5) is 12.5. The monoisotopic (exact) mass is 298 g/mol. The maximum Gasteiger partial charge on any atom is 0.166 e. The second kappa shape index (κ2) is 4.73. The van der Waals surface area contributed by atoms with Gasteiger partial charge in [0.2, 0.25) is 0 Å². The highest BCUT2D eigenvalue weighted by atomic mass is 16.3. The summed E-state index contributed by atoms with van der Waals surface area (Å²) >= 11 is 0. The molecule has 0 amide bonds. The lowest BCUT2D eigenvalue weighted by Gasteiger charge is -2.32. The number of phenolic OH excluding ortho intramolecular Hbond substituents is 2. The zero-order valence-corrected chi connectivity index (χ0v) is 13.5. The van der Waals surface area contributed by atoms with Crippen LogP contribution in [0.5, 0.6) is 11.5 Å². The molecule has 0 aliphatic heterocycles. The maximum atomic E-state index is 12.5. The predicted octanol–water partition coefficient (Wildman–Crippen LogP) is 4.63. The third-order valence-electron chi connectivity index (χ3n) is 4.89. The van der Waals surface area contributed by atoms with Gasteiger partial charge in [0.05, 0.1) is 0 Å². The van der Waals surface area contributed by atoms with E-state index in [1.165, 1.54) is 0 Å². The van der Waals surface area contributed by atoms with E-state index in [1.807, 2.05) is 32.0 Å². The quantitative estimate of drug-likeness (QED) is 0.755. The highest BCUT2D eigenvalue weighted by Crippen LogP contribution is 2.46. The van der Waals surface area contributed by atoms with Gasteiger partial charge in [-0.25, -0.2) is 0 Å². The lowest BCUT2D eigenvalue weighted by atomic mass is 9.71. The van der Waals surface area contributed by atoms with E-state index in [0.29, 0.717) is 22.9 Å². The highest BCUT2D eigenvalue weighted by molar-refractivity contribution is 6.13. The van der Waals surface area contributed by atoms with Crippen LogP contribution >= 0.6 is 0 Å². The summed E-state index contributed by atoms with van der Waals surface area (Å²) < 4.78 is 0. The number of rotatable bonds is 1. The Morgan fingerprint density at radius 1 is 1.14 bits per heavy atom. The first-order valence-electron chi connectivity index (χ1n) is 7.79. The van der Waals surface area contributed by atoms with Gasteiger partial charge < -0.3 is 10.2 Å². The molecule has 1 aliphatic rings. The van der Waals surface area contributed by atoms with E-state index in [9.17, 15) is 15.0 Å². The van der Waals surface area contributed by atoms with Gasteiger partial charge in [-0.05, 0) is 34.8 Å². The van der Waals surface area contributed by atoms with E-state index in [2.05, 4.69) is 13.8 Å². The van der Waals surface area contributed by atoms with E-state index in [1.54, 1.807) is 0 Å². The van der Waals surface area contributed by atoms with E-state index >= 15 is 0 Å². The zero-order valence-electron chi connectivity index (χ0n) is 13.5. The summed E-state index contributed by atoms with van der Waals surface area (Å²) in [6, 6.07) is 5.82. The number of benzene rings is 2. The van der Waals surface area contributed by atoms with Gasteiger partial charge in [-0.1, -0.05) is 39.8 Å². The topological polar surface area (TPSA) is 57.5 Å². The normalized spacial score (nSPS) is 17.0. The van der Waals surface area contributed by atoms with E-state index in [0.717, 1.165) is 17.4 Å². The van der Waals surface area contributed by atoms with Crippen molar-refractivity contribution in [1.29, 1.82) is 0 Å². The number of phenols is 2. The SMILES string of the molecule is CC(C)c1cc2ccc3c(c2c(O)c1O)C(=O)CCC3(C)C. The average Bonchev–Trinajstić information content (AvgIpc) is 2.45. The zero-order chi connectivity index (χ0) is 16.2. The number of hydrogen-bond donors (Lipinski definition) is 2. The lowest BCUT2D eigenvalue weighted by molar-refractivity contribution is 0.0958. The van der Waals surface area contributed by atoms with E-state index < -0.39 is 0 Å². The van der Waals surface area contributed by atoms with Crippen LogP contribution in [-0.2, 0) is 5.41 Å². The van der Waals surface area contributed by atoms with Crippen LogP contribution in [-0.4, -0.2) is 16.0 Å². The molecule has 2 aromatic carbocycles. The molecule has 0 saturated carbocycles. The summed E-state index contributed by atoms with van der Waals surface area (Å²) in [7, 11) is 0. The molecule has 3 nitrogen and oxygen atoms in total. The van der Waals surface area contributed by atoms with Crippen LogP contribution < -0.4 is 0 Å². The summed E-state index contributed by atoms with van der Waals surface area (Å²) in [5.74, 6) is -0.124. The Morgan fingerprint density at radius 2 is 1.82 bits per heavy atom. The van der Waals surface area contributed by atoms with Crippen molar-refractivity contribution in [3.8, 4) is 11.5 Å². The second-order valence-corrected chi connectivity index (χ2v) is 7.21. The van der Waals surface area contributed by atoms with Crippen molar-refractivity contribution < 1.29 is 15.0 Å². The third-order valence-corrected chi connectivity index (χ3v) is 4.89. The van der Waals surface area contributed by atoms with Gasteiger partial charge in [-0.15, -0.1) is 0 Å². The summed E-state index contributed by atoms with van der Waals surface area (Å²) in [5.41, 5.74) is 2.14. The van der Waals surface area contributed by atoms with Gasteiger partial charge in [0.1, 0.15) is 0 Å². The van der Waals surface area contributed by atoms with Crippen molar-refractivity contribution in [2.45, 2.75) is 51.9 Å². The fourth-order valence-corrected chi connectivity index (χ4v) is 3.46. The molecule has 2 aromatic rings. The molecular weight excluding hydrogens is 276 g/mol. The molecule has 0 heterocycles. The fourth-order valence-electron chi connectivity index (χ4n) is 3.46. The van der Waals surface area contributed by atoms with E-state index in [4.69, 9.17) is 0 Å². The molecule has 0 atom stereocenters. The number of fused-ring (bicyclic) bond motifs is 3. The third kappa shape index (κ3) is 1.99. The van der Waals surface area contributed by atoms with Gasteiger partial charge in [0, 0.05) is 22.9 Å². The molecule has 22 heavy (non-hydrogen) atoms. The average molecular weight is 298 g/mol. The first-order valence-corrected chi connectivity index (χ1v) is 7.79. The molecule has 1 aliphatic carbocycles. The van der Waals surface area contributed by atoms with Gasteiger partial charge in [0.25, 0.3) is 0 Å². The number of aromatic hydroxyl groups is 2. The molecule has 116 valence electrons. The highest BCUT2D eigenvalue weighted by Gasteiger charge is 2.34. The minimum atomic E-state index is -0.163. The smallest absolute Gasteiger partial charge is 0.166 e. The largest absolute Gasteiger partial charge is 0.504 e. The predicted molar refractivity (Wildman–Crippen MR) is 88.0 cm³/mol. The standard InChI is InChI=1S/C19H22O3/c1-10(2)12-9-11-5-6-13-16(15(11)18(22)17(12)21)14(20)7-8-19(13,3)4/h5-6,9-10,21-22H,7-8H2,1-4H3. The Kier molecular flexibility index (Phi) is 3.20. The van der Waals surface area contributed by atoms with Crippen LogP contribution in [0.1, 0.15) is 67.9 Å². The second-order valence-electron chi connectivity index (χ2n) is 7.21. The first kappa shape index (κ1) is 14.9. The van der Waals surface area contributed by atoms with Crippen molar-refractivity contribution in [3.05, 3.63) is 34.9 Å². The van der Waals surface area contributed by atoms with Crippen LogP contribution in [0.15, 0.2) is 18.2 Å². The Bertz CT molecular complexity index is 785. The molecule has 0 fully saturated rings. The maximum absolute atomic E-state index is 12.5. The minimum absolute atomic E-state index is 0.0481. The number of carbonyl (C=O) groups is 1. The molecule has 0 unspecified atom stereocenters.